The molecule has 0 spiro atoms. The lowest BCUT2D eigenvalue weighted by Crippen LogP contribution is -2.30. The molecule has 5 nitrogen and oxygen atoms in total. The SMILES string of the molecule is O=c1on(-c2ccc(Cl)c(Cl)c2)c(=O)n1C(C=Cc1ccccc1)C=Cc1ccccc1. The largest absolute Gasteiger partial charge is 0.443 e. The van der Waals surface area contributed by atoms with Crippen LogP contribution in [0.1, 0.15) is 17.2 Å². The van der Waals surface area contributed by atoms with E-state index in [4.69, 9.17) is 27.7 Å². The van der Waals surface area contributed by atoms with Crippen molar-refractivity contribution >= 4 is 35.4 Å². The normalized spacial score (nSPS) is 12.6. The minimum atomic E-state index is -0.790. The van der Waals surface area contributed by atoms with Gasteiger partial charge >= 0.3 is 11.4 Å². The van der Waals surface area contributed by atoms with E-state index in [0.29, 0.717) is 10.7 Å². The molecule has 0 bridgehead atoms. The van der Waals surface area contributed by atoms with E-state index >= 15 is 0 Å². The van der Waals surface area contributed by atoms with Crippen molar-refractivity contribution in [1.82, 2.24) is 9.31 Å². The monoisotopic (exact) mass is 464 g/mol. The Hall–Kier alpha value is -3.54. The Kier molecular flexibility index (Phi) is 6.59. The van der Waals surface area contributed by atoms with Gasteiger partial charge < -0.3 is 4.52 Å². The molecule has 0 saturated heterocycles. The zero-order valence-corrected chi connectivity index (χ0v) is 18.3. The van der Waals surface area contributed by atoms with Crippen molar-refractivity contribution in [2.24, 2.45) is 0 Å². The predicted molar refractivity (Wildman–Crippen MR) is 129 cm³/mol. The predicted octanol–water partition coefficient (Wildman–Crippen LogP) is 5.87. The van der Waals surface area contributed by atoms with Gasteiger partial charge in [0.1, 0.15) is 0 Å². The fourth-order valence-corrected chi connectivity index (χ4v) is 3.44. The summed E-state index contributed by atoms with van der Waals surface area (Å²) in [5, 5.41) is 0.579. The maximum Gasteiger partial charge on any atom is 0.443 e. The average molecular weight is 465 g/mol. The molecule has 0 atom stereocenters. The molecule has 1 heterocycles. The first kappa shape index (κ1) is 21.7. The van der Waals surface area contributed by atoms with E-state index in [2.05, 4.69) is 0 Å². The van der Waals surface area contributed by atoms with Crippen molar-refractivity contribution < 1.29 is 4.52 Å². The Labute approximate surface area is 194 Å². The number of benzene rings is 3. The van der Waals surface area contributed by atoms with Crippen molar-refractivity contribution in [2.75, 3.05) is 0 Å². The Balaban J connectivity index is 1.78. The highest BCUT2D eigenvalue weighted by atomic mass is 35.5. The summed E-state index contributed by atoms with van der Waals surface area (Å²) in [5.74, 6) is -0.790. The van der Waals surface area contributed by atoms with Crippen molar-refractivity contribution in [1.29, 1.82) is 0 Å². The number of halogens is 2. The van der Waals surface area contributed by atoms with Gasteiger partial charge in [0.2, 0.25) is 0 Å². The van der Waals surface area contributed by atoms with Crippen LogP contribution in [-0.4, -0.2) is 9.31 Å². The second kappa shape index (κ2) is 9.73. The number of rotatable bonds is 6. The summed E-state index contributed by atoms with van der Waals surface area (Å²) in [5.41, 5.74) is 1.55. The highest BCUT2D eigenvalue weighted by Gasteiger charge is 2.19. The maximum absolute atomic E-state index is 13.1. The molecule has 0 N–H and O–H groups in total. The molecular weight excluding hydrogens is 447 g/mol. The van der Waals surface area contributed by atoms with Crippen molar-refractivity contribution in [2.45, 2.75) is 6.04 Å². The van der Waals surface area contributed by atoms with Gasteiger partial charge in [-0.05, 0) is 29.3 Å². The van der Waals surface area contributed by atoms with Crippen LogP contribution in [-0.2, 0) is 0 Å². The van der Waals surface area contributed by atoms with Gasteiger partial charge in [-0.15, -0.1) is 4.74 Å². The van der Waals surface area contributed by atoms with Gasteiger partial charge in [0.25, 0.3) is 0 Å². The van der Waals surface area contributed by atoms with Crippen LogP contribution in [0.15, 0.2) is 105 Å². The molecule has 32 heavy (non-hydrogen) atoms. The summed E-state index contributed by atoms with van der Waals surface area (Å²) < 4.78 is 7.20. The molecule has 0 saturated carbocycles. The quantitative estimate of drug-likeness (QED) is 0.358. The van der Waals surface area contributed by atoms with Crippen LogP contribution in [0.4, 0.5) is 0 Å². The average Bonchev–Trinajstić information content (AvgIpc) is 3.11. The molecule has 1 aromatic heterocycles. The Morgan fingerprint density at radius 3 is 1.84 bits per heavy atom. The summed E-state index contributed by atoms with van der Waals surface area (Å²) in [6.45, 7) is 0. The fraction of sp³-hybridized carbons (Fsp3) is 0.0400. The first-order valence-electron chi connectivity index (χ1n) is 9.80. The van der Waals surface area contributed by atoms with Crippen LogP contribution in [0.2, 0.25) is 10.0 Å². The van der Waals surface area contributed by atoms with E-state index in [-0.39, 0.29) is 5.02 Å². The molecule has 4 rings (SSSR count). The fourth-order valence-electron chi connectivity index (χ4n) is 3.14. The second-order valence-electron chi connectivity index (χ2n) is 6.93. The number of hydrogen-bond donors (Lipinski definition) is 0. The van der Waals surface area contributed by atoms with E-state index in [0.717, 1.165) is 20.4 Å². The molecule has 0 aliphatic rings. The number of nitrogens with zero attached hydrogens (tertiary/aromatic N) is 2. The van der Waals surface area contributed by atoms with E-state index in [1.807, 2.05) is 72.8 Å². The van der Waals surface area contributed by atoms with E-state index in [9.17, 15) is 9.59 Å². The second-order valence-corrected chi connectivity index (χ2v) is 7.75. The molecule has 0 fully saturated rings. The van der Waals surface area contributed by atoms with Crippen LogP contribution in [0.5, 0.6) is 0 Å². The Morgan fingerprint density at radius 1 is 0.750 bits per heavy atom. The molecule has 0 aliphatic heterocycles. The van der Waals surface area contributed by atoms with E-state index < -0.39 is 17.5 Å². The van der Waals surface area contributed by atoms with Crippen LogP contribution in [0.3, 0.4) is 0 Å². The lowest BCUT2D eigenvalue weighted by molar-refractivity contribution is 0.311. The van der Waals surface area contributed by atoms with Gasteiger partial charge in [0, 0.05) is 0 Å². The third-order valence-electron chi connectivity index (χ3n) is 4.75. The summed E-state index contributed by atoms with van der Waals surface area (Å²) in [6.07, 6.45) is 7.24. The van der Waals surface area contributed by atoms with Gasteiger partial charge in [-0.2, -0.15) is 0 Å². The molecule has 0 aliphatic carbocycles. The summed E-state index contributed by atoms with van der Waals surface area (Å²) in [7, 11) is 0. The van der Waals surface area contributed by atoms with Gasteiger partial charge in [0.05, 0.1) is 21.8 Å². The number of aromatic nitrogens is 2. The zero-order valence-electron chi connectivity index (χ0n) is 16.8. The third kappa shape index (κ3) is 4.85. The molecule has 3 aromatic carbocycles. The van der Waals surface area contributed by atoms with E-state index in [1.54, 1.807) is 18.2 Å². The van der Waals surface area contributed by atoms with Crippen LogP contribution < -0.4 is 11.4 Å². The van der Waals surface area contributed by atoms with Gasteiger partial charge in [-0.1, -0.05) is 108 Å². The minimum Gasteiger partial charge on any atom is -0.312 e. The zero-order chi connectivity index (χ0) is 22.5. The summed E-state index contributed by atoms with van der Waals surface area (Å²) in [6, 6.07) is 23.1. The maximum atomic E-state index is 13.1. The van der Waals surface area contributed by atoms with Crippen LogP contribution in [0.25, 0.3) is 17.8 Å². The van der Waals surface area contributed by atoms with Crippen molar-refractivity contribution in [3.05, 3.63) is 133 Å². The molecule has 0 amide bonds. The lowest BCUT2D eigenvalue weighted by atomic mass is 10.1. The van der Waals surface area contributed by atoms with E-state index in [1.165, 1.54) is 12.1 Å². The molecule has 0 unspecified atom stereocenters. The van der Waals surface area contributed by atoms with Gasteiger partial charge in [-0.3, -0.25) is 0 Å². The minimum absolute atomic E-state index is 0.246. The van der Waals surface area contributed by atoms with Crippen molar-refractivity contribution in [3.63, 3.8) is 0 Å². The number of allylic oxidation sites excluding steroid dienone is 2. The Bertz CT molecular complexity index is 1330. The summed E-state index contributed by atoms with van der Waals surface area (Å²) >= 11 is 12.0. The molecular formula is C25H18Cl2N2O3. The van der Waals surface area contributed by atoms with Gasteiger partial charge in [0.15, 0.2) is 0 Å². The van der Waals surface area contributed by atoms with Crippen molar-refractivity contribution in [3.8, 4) is 5.69 Å². The molecule has 160 valence electrons. The first-order valence-corrected chi connectivity index (χ1v) is 10.6. The number of hydrogen-bond acceptors (Lipinski definition) is 3. The topological polar surface area (TPSA) is 57.1 Å². The van der Waals surface area contributed by atoms with Crippen LogP contribution >= 0.6 is 23.2 Å². The first-order chi connectivity index (χ1) is 15.5. The lowest BCUT2D eigenvalue weighted by Gasteiger charge is -2.07. The standard InChI is InChI=1S/C25H18Cl2N2O3/c26-22-16-15-21(17-23(22)27)29-24(30)28(25(31)32-29)20(13-11-18-7-3-1-4-8-18)14-12-19-9-5-2-6-10-19/h1-17,20H. The van der Waals surface area contributed by atoms with Crippen LogP contribution in [0, 0.1) is 0 Å². The van der Waals surface area contributed by atoms with Gasteiger partial charge in [-0.25, -0.2) is 14.2 Å². The summed E-state index contributed by atoms with van der Waals surface area (Å²) in [4.78, 5) is 25.8. The molecule has 4 aromatic rings. The molecule has 0 radical (unpaired) electrons. The highest BCUT2D eigenvalue weighted by molar-refractivity contribution is 6.42. The molecule has 7 heteroatoms. The highest BCUT2D eigenvalue weighted by Crippen LogP contribution is 2.24. The smallest absolute Gasteiger partial charge is 0.312 e. The Morgan fingerprint density at radius 2 is 1.31 bits per heavy atom. The third-order valence-corrected chi connectivity index (χ3v) is 5.49.